The summed E-state index contributed by atoms with van der Waals surface area (Å²) in [5.41, 5.74) is 4.02. The fourth-order valence-corrected chi connectivity index (χ4v) is 4.32. The first-order chi connectivity index (χ1) is 15.1. The smallest absolute Gasteiger partial charge is 0.251 e. The number of nitrogens with zero attached hydrogens (tertiary/aromatic N) is 1. The van der Waals surface area contributed by atoms with Crippen LogP contribution in [0.1, 0.15) is 52.7 Å². The first kappa shape index (κ1) is 20.9. The molecule has 0 bridgehead atoms. The molecule has 1 aliphatic heterocycles. The second-order valence-electron chi connectivity index (χ2n) is 8.18. The lowest BCUT2D eigenvalue weighted by atomic mass is 9.85. The number of rotatable bonds is 7. The van der Waals surface area contributed by atoms with Crippen molar-refractivity contribution in [2.24, 2.45) is 0 Å². The lowest BCUT2D eigenvalue weighted by molar-refractivity contribution is -0.128. The summed E-state index contributed by atoms with van der Waals surface area (Å²) in [6.45, 7) is 3.48. The zero-order chi connectivity index (χ0) is 21.6. The highest BCUT2D eigenvalue weighted by atomic mass is 16.2. The SMILES string of the molecule is CC(NC(=O)c1ccc(CN2CCCC2=O)cc1)C(c1ccccc1)c1ccccc1. The number of carbonyl (C=O) groups excluding carboxylic acids is 2. The summed E-state index contributed by atoms with van der Waals surface area (Å²) in [6, 6.07) is 28.1. The highest BCUT2D eigenvalue weighted by molar-refractivity contribution is 5.94. The van der Waals surface area contributed by atoms with Crippen molar-refractivity contribution >= 4 is 11.8 Å². The summed E-state index contributed by atoms with van der Waals surface area (Å²) in [5, 5.41) is 3.19. The van der Waals surface area contributed by atoms with Crippen LogP contribution in [0.3, 0.4) is 0 Å². The third kappa shape index (κ3) is 5.02. The van der Waals surface area contributed by atoms with Crippen LogP contribution in [-0.4, -0.2) is 29.3 Å². The van der Waals surface area contributed by atoms with Crippen molar-refractivity contribution in [2.45, 2.75) is 38.3 Å². The van der Waals surface area contributed by atoms with E-state index in [0.29, 0.717) is 18.5 Å². The van der Waals surface area contributed by atoms with Crippen molar-refractivity contribution in [3.05, 3.63) is 107 Å². The average Bonchev–Trinajstić information content (AvgIpc) is 3.20. The first-order valence-electron chi connectivity index (χ1n) is 10.9. The normalized spacial score (nSPS) is 14.6. The fraction of sp³-hybridized carbons (Fsp3) is 0.259. The summed E-state index contributed by atoms with van der Waals surface area (Å²) in [4.78, 5) is 26.7. The van der Waals surface area contributed by atoms with E-state index in [-0.39, 0.29) is 23.8 Å². The van der Waals surface area contributed by atoms with Crippen molar-refractivity contribution in [3.63, 3.8) is 0 Å². The fourth-order valence-electron chi connectivity index (χ4n) is 4.32. The summed E-state index contributed by atoms with van der Waals surface area (Å²) in [6.07, 6.45) is 1.57. The van der Waals surface area contributed by atoms with E-state index in [2.05, 4.69) is 36.5 Å². The van der Waals surface area contributed by atoms with Crippen LogP contribution in [0.2, 0.25) is 0 Å². The average molecular weight is 413 g/mol. The molecule has 31 heavy (non-hydrogen) atoms. The van der Waals surface area contributed by atoms with Gasteiger partial charge in [0, 0.05) is 37.0 Å². The Bertz CT molecular complexity index is 977. The number of carbonyl (C=O) groups is 2. The molecule has 2 amide bonds. The maximum Gasteiger partial charge on any atom is 0.251 e. The Morgan fingerprint density at radius 2 is 1.48 bits per heavy atom. The van der Waals surface area contributed by atoms with E-state index in [1.165, 1.54) is 11.1 Å². The molecule has 4 nitrogen and oxygen atoms in total. The van der Waals surface area contributed by atoms with E-state index >= 15 is 0 Å². The summed E-state index contributed by atoms with van der Waals surface area (Å²) in [5.74, 6) is 0.184. The van der Waals surface area contributed by atoms with Crippen LogP contribution in [0, 0.1) is 0 Å². The van der Waals surface area contributed by atoms with Crippen molar-refractivity contribution in [2.75, 3.05) is 6.54 Å². The van der Waals surface area contributed by atoms with Crippen molar-refractivity contribution in [1.29, 1.82) is 0 Å². The lowest BCUT2D eigenvalue weighted by Gasteiger charge is -2.26. The molecule has 0 aromatic heterocycles. The highest BCUT2D eigenvalue weighted by Gasteiger charge is 2.23. The van der Waals surface area contributed by atoms with Gasteiger partial charge in [-0.2, -0.15) is 0 Å². The maximum absolute atomic E-state index is 13.0. The van der Waals surface area contributed by atoms with Gasteiger partial charge in [-0.15, -0.1) is 0 Å². The van der Waals surface area contributed by atoms with Crippen LogP contribution >= 0.6 is 0 Å². The van der Waals surface area contributed by atoms with Gasteiger partial charge in [-0.3, -0.25) is 9.59 Å². The Morgan fingerprint density at radius 1 is 0.903 bits per heavy atom. The molecule has 1 N–H and O–H groups in total. The van der Waals surface area contributed by atoms with Crippen molar-refractivity contribution in [3.8, 4) is 0 Å². The Hall–Kier alpha value is -3.40. The molecular formula is C27H28N2O2. The van der Waals surface area contributed by atoms with Crippen molar-refractivity contribution < 1.29 is 9.59 Å². The van der Waals surface area contributed by atoms with Crippen LogP contribution in [0.15, 0.2) is 84.9 Å². The standard InChI is InChI=1S/C27H28N2O2/c1-20(26(22-9-4-2-5-10-22)23-11-6-3-7-12-23)28-27(31)24-16-14-21(15-17-24)19-29-18-8-13-25(29)30/h2-7,9-12,14-17,20,26H,8,13,18-19H2,1H3,(H,28,31). The topological polar surface area (TPSA) is 49.4 Å². The van der Waals surface area contributed by atoms with Gasteiger partial charge in [-0.25, -0.2) is 0 Å². The number of amides is 2. The van der Waals surface area contributed by atoms with Gasteiger partial charge < -0.3 is 10.2 Å². The van der Waals surface area contributed by atoms with Crippen LogP contribution < -0.4 is 5.32 Å². The Morgan fingerprint density at radius 3 is 2.00 bits per heavy atom. The molecular weight excluding hydrogens is 384 g/mol. The molecule has 1 fully saturated rings. The van der Waals surface area contributed by atoms with Gasteiger partial charge in [0.25, 0.3) is 5.91 Å². The Balaban J connectivity index is 1.46. The molecule has 0 spiro atoms. The molecule has 1 saturated heterocycles. The van der Waals surface area contributed by atoms with Gasteiger partial charge >= 0.3 is 0 Å². The molecule has 0 radical (unpaired) electrons. The third-order valence-electron chi connectivity index (χ3n) is 5.94. The van der Waals surface area contributed by atoms with E-state index < -0.39 is 0 Å². The van der Waals surface area contributed by atoms with Gasteiger partial charge in [0.2, 0.25) is 5.91 Å². The summed E-state index contributed by atoms with van der Waals surface area (Å²) in [7, 11) is 0. The quantitative estimate of drug-likeness (QED) is 0.608. The number of nitrogens with one attached hydrogen (secondary N) is 1. The number of benzene rings is 3. The largest absolute Gasteiger partial charge is 0.349 e. The molecule has 0 saturated carbocycles. The molecule has 3 aromatic rings. The molecule has 1 unspecified atom stereocenters. The van der Waals surface area contributed by atoms with E-state index in [4.69, 9.17) is 0 Å². The molecule has 158 valence electrons. The van der Waals surface area contributed by atoms with E-state index in [1.54, 1.807) is 0 Å². The zero-order valence-electron chi connectivity index (χ0n) is 17.8. The van der Waals surface area contributed by atoms with E-state index in [9.17, 15) is 9.59 Å². The molecule has 1 heterocycles. The molecule has 3 aromatic carbocycles. The molecule has 1 aliphatic rings. The predicted octanol–water partition coefficient (Wildman–Crippen LogP) is 4.76. The Kier molecular flexibility index (Phi) is 6.46. The maximum atomic E-state index is 13.0. The lowest BCUT2D eigenvalue weighted by Crippen LogP contribution is -2.37. The Labute approximate surface area is 183 Å². The van der Waals surface area contributed by atoms with Crippen LogP contribution in [0.5, 0.6) is 0 Å². The van der Waals surface area contributed by atoms with Gasteiger partial charge in [0.1, 0.15) is 0 Å². The minimum absolute atomic E-state index is 0.0619. The van der Waals surface area contributed by atoms with E-state index in [0.717, 1.165) is 18.5 Å². The highest BCUT2D eigenvalue weighted by Crippen LogP contribution is 2.28. The second-order valence-corrected chi connectivity index (χ2v) is 8.18. The summed E-state index contributed by atoms with van der Waals surface area (Å²) >= 11 is 0. The zero-order valence-corrected chi connectivity index (χ0v) is 17.8. The van der Waals surface area contributed by atoms with Crippen LogP contribution in [0.4, 0.5) is 0 Å². The molecule has 1 atom stereocenters. The molecule has 4 rings (SSSR count). The molecule has 4 heteroatoms. The number of likely N-dealkylation sites (tertiary alicyclic amines) is 1. The van der Waals surface area contributed by atoms with Gasteiger partial charge in [-0.05, 0) is 42.2 Å². The minimum Gasteiger partial charge on any atom is -0.349 e. The predicted molar refractivity (Wildman–Crippen MR) is 123 cm³/mol. The first-order valence-corrected chi connectivity index (χ1v) is 10.9. The van der Waals surface area contributed by atoms with Gasteiger partial charge in [0.15, 0.2) is 0 Å². The number of hydrogen-bond acceptors (Lipinski definition) is 2. The molecule has 0 aliphatic carbocycles. The monoisotopic (exact) mass is 412 g/mol. The third-order valence-corrected chi connectivity index (χ3v) is 5.94. The van der Waals surface area contributed by atoms with Crippen LogP contribution in [0.25, 0.3) is 0 Å². The van der Waals surface area contributed by atoms with Gasteiger partial charge in [-0.1, -0.05) is 72.8 Å². The van der Waals surface area contributed by atoms with Crippen LogP contribution in [-0.2, 0) is 11.3 Å². The van der Waals surface area contributed by atoms with E-state index in [1.807, 2.05) is 65.6 Å². The minimum atomic E-state index is -0.0897. The van der Waals surface area contributed by atoms with Crippen molar-refractivity contribution in [1.82, 2.24) is 10.2 Å². The number of hydrogen-bond donors (Lipinski definition) is 1. The summed E-state index contributed by atoms with van der Waals surface area (Å²) < 4.78 is 0. The van der Waals surface area contributed by atoms with Gasteiger partial charge in [0.05, 0.1) is 0 Å². The second kappa shape index (κ2) is 9.61.